The van der Waals surface area contributed by atoms with E-state index in [0.29, 0.717) is 29.4 Å². The number of hydrogen-bond acceptors (Lipinski definition) is 4. The van der Waals surface area contributed by atoms with Crippen molar-refractivity contribution in [3.63, 3.8) is 0 Å². The Morgan fingerprint density at radius 2 is 2.19 bits per heavy atom. The third-order valence-corrected chi connectivity index (χ3v) is 5.19. The number of carbonyl (C=O) groups excluding carboxylic acids is 1. The monoisotopic (exact) mass is 370 g/mol. The SMILES string of the molecule is COc1ccc(Cl)cc1C(=O)N1CC[C@H](c2nc3ccncc3n2C)C1. The number of fused-ring (bicyclic) bond motifs is 1. The average molecular weight is 371 g/mol. The van der Waals surface area contributed by atoms with Crippen LogP contribution in [0.25, 0.3) is 11.0 Å². The first-order valence-corrected chi connectivity index (χ1v) is 8.85. The molecular weight excluding hydrogens is 352 g/mol. The van der Waals surface area contributed by atoms with Crippen molar-refractivity contribution in [3.8, 4) is 5.75 Å². The number of benzene rings is 1. The minimum atomic E-state index is -0.0627. The van der Waals surface area contributed by atoms with E-state index < -0.39 is 0 Å². The topological polar surface area (TPSA) is 60.2 Å². The number of aryl methyl sites for hydroxylation is 1. The van der Waals surface area contributed by atoms with Gasteiger partial charge in [-0.1, -0.05) is 11.6 Å². The van der Waals surface area contributed by atoms with Crippen molar-refractivity contribution in [3.05, 3.63) is 53.1 Å². The lowest BCUT2D eigenvalue weighted by atomic mass is 10.1. The minimum Gasteiger partial charge on any atom is -0.496 e. The fourth-order valence-electron chi connectivity index (χ4n) is 3.59. The summed E-state index contributed by atoms with van der Waals surface area (Å²) >= 11 is 6.07. The Labute approximate surface area is 156 Å². The Hall–Kier alpha value is -2.60. The third-order valence-electron chi connectivity index (χ3n) is 4.95. The quantitative estimate of drug-likeness (QED) is 0.710. The van der Waals surface area contributed by atoms with Gasteiger partial charge in [0, 0.05) is 37.3 Å². The second-order valence-corrected chi connectivity index (χ2v) is 6.91. The van der Waals surface area contributed by atoms with Crippen LogP contribution in [-0.2, 0) is 7.05 Å². The molecule has 134 valence electrons. The Bertz CT molecular complexity index is 985. The number of likely N-dealkylation sites (tertiary alicyclic amines) is 1. The summed E-state index contributed by atoms with van der Waals surface area (Å²) in [5.41, 5.74) is 2.43. The lowest BCUT2D eigenvalue weighted by molar-refractivity contribution is 0.0787. The first kappa shape index (κ1) is 16.8. The van der Waals surface area contributed by atoms with Crippen LogP contribution in [0.3, 0.4) is 0 Å². The number of amides is 1. The molecule has 1 amide bonds. The lowest BCUT2D eigenvalue weighted by Gasteiger charge is -2.18. The van der Waals surface area contributed by atoms with Crippen LogP contribution < -0.4 is 4.74 Å². The van der Waals surface area contributed by atoms with Crippen LogP contribution in [0.4, 0.5) is 0 Å². The number of ether oxygens (including phenoxy) is 1. The maximum absolute atomic E-state index is 13.0. The van der Waals surface area contributed by atoms with Gasteiger partial charge in [-0.3, -0.25) is 9.78 Å². The zero-order chi connectivity index (χ0) is 18.3. The van der Waals surface area contributed by atoms with E-state index in [1.54, 1.807) is 31.5 Å². The van der Waals surface area contributed by atoms with E-state index in [4.69, 9.17) is 21.3 Å². The van der Waals surface area contributed by atoms with Crippen molar-refractivity contribution in [1.29, 1.82) is 0 Å². The number of hydrogen-bond donors (Lipinski definition) is 0. The predicted molar refractivity (Wildman–Crippen MR) is 99.8 cm³/mol. The lowest BCUT2D eigenvalue weighted by Crippen LogP contribution is -2.29. The molecule has 6 nitrogen and oxygen atoms in total. The van der Waals surface area contributed by atoms with Gasteiger partial charge in [-0.2, -0.15) is 0 Å². The van der Waals surface area contributed by atoms with Gasteiger partial charge < -0.3 is 14.2 Å². The van der Waals surface area contributed by atoms with E-state index in [1.165, 1.54) is 0 Å². The molecule has 1 aliphatic rings. The smallest absolute Gasteiger partial charge is 0.257 e. The molecule has 0 aliphatic carbocycles. The fraction of sp³-hybridized carbons (Fsp3) is 0.316. The number of rotatable bonds is 3. The highest BCUT2D eigenvalue weighted by Crippen LogP contribution is 2.31. The summed E-state index contributed by atoms with van der Waals surface area (Å²) in [7, 11) is 3.55. The largest absolute Gasteiger partial charge is 0.496 e. The van der Waals surface area contributed by atoms with Crippen LogP contribution in [0.5, 0.6) is 5.75 Å². The number of methoxy groups -OCH3 is 1. The number of nitrogens with zero attached hydrogens (tertiary/aromatic N) is 4. The Kier molecular flexibility index (Phi) is 4.28. The summed E-state index contributed by atoms with van der Waals surface area (Å²) in [5, 5.41) is 0.521. The highest BCUT2D eigenvalue weighted by molar-refractivity contribution is 6.31. The molecule has 0 bridgehead atoms. The molecule has 0 unspecified atom stereocenters. The van der Waals surface area contributed by atoms with Crippen LogP contribution >= 0.6 is 11.6 Å². The zero-order valence-electron chi connectivity index (χ0n) is 14.6. The van der Waals surface area contributed by atoms with Crippen molar-refractivity contribution in [2.45, 2.75) is 12.3 Å². The predicted octanol–water partition coefficient (Wildman–Crippen LogP) is 3.26. The molecule has 0 spiro atoms. The number of imidazole rings is 1. The van der Waals surface area contributed by atoms with E-state index in [2.05, 4.69) is 9.55 Å². The molecule has 1 fully saturated rings. The first-order valence-electron chi connectivity index (χ1n) is 8.47. The Balaban J connectivity index is 1.59. The van der Waals surface area contributed by atoms with Gasteiger partial charge in [-0.15, -0.1) is 0 Å². The molecule has 0 saturated carbocycles. The number of carbonyl (C=O) groups is 1. The summed E-state index contributed by atoms with van der Waals surface area (Å²) < 4.78 is 7.39. The number of aromatic nitrogens is 3. The molecule has 3 heterocycles. The molecule has 7 heteroatoms. The zero-order valence-corrected chi connectivity index (χ0v) is 15.4. The fourth-order valence-corrected chi connectivity index (χ4v) is 3.76. The van der Waals surface area contributed by atoms with Crippen molar-refractivity contribution in [2.75, 3.05) is 20.2 Å². The first-order chi connectivity index (χ1) is 12.6. The van der Waals surface area contributed by atoms with Crippen LogP contribution in [0, 0.1) is 0 Å². The van der Waals surface area contributed by atoms with Gasteiger partial charge in [-0.25, -0.2) is 4.98 Å². The molecule has 1 saturated heterocycles. The molecule has 0 N–H and O–H groups in total. The van der Waals surface area contributed by atoms with E-state index in [-0.39, 0.29) is 11.8 Å². The highest BCUT2D eigenvalue weighted by Gasteiger charge is 2.32. The summed E-state index contributed by atoms with van der Waals surface area (Å²) in [6, 6.07) is 7.02. The van der Waals surface area contributed by atoms with Gasteiger partial charge in [0.1, 0.15) is 11.6 Å². The van der Waals surface area contributed by atoms with Gasteiger partial charge in [0.05, 0.1) is 29.9 Å². The summed E-state index contributed by atoms with van der Waals surface area (Å²) in [6.07, 6.45) is 4.44. The van der Waals surface area contributed by atoms with Crippen molar-refractivity contribution < 1.29 is 9.53 Å². The molecule has 1 aromatic carbocycles. The maximum Gasteiger partial charge on any atom is 0.257 e. The van der Waals surface area contributed by atoms with Crippen LogP contribution in [0.2, 0.25) is 5.02 Å². The molecule has 1 atom stereocenters. The van der Waals surface area contributed by atoms with Gasteiger partial charge in [0.15, 0.2) is 0 Å². The van der Waals surface area contributed by atoms with Gasteiger partial charge in [0.25, 0.3) is 5.91 Å². The molecule has 2 aromatic heterocycles. The van der Waals surface area contributed by atoms with E-state index in [9.17, 15) is 4.79 Å². The van der Waals surface area contributed by atoms with Crippen LogP contribution in [0.15, 0.2) is 36.7 Å². The normalized spacial score (nSPS) is 17.0. The number of pyridine rings is 1. The summed E-state index contributed by atoms with van der Waals surface area (Å²) in [6.45, 7) is 1.31. The van der Waals surface area contributed by atoms with Gasteiger partial charge in [-0.05, 0) is 30.7 Å². The van der Waals surface area contributed by atoms with E-state index in [1.807, 2.05) is 24.2 Å². The highest BCUT2D eigenvalue weighted by atomic mass is 35.5. The Morgan fingerprint density at radius 1 is 1.35 bits per heavy atom. The van der Waals surface area contributed by atoms with Crippen molar-refractivity contribution in [1.82, 2.24) is 19.4 Å². The standard InChI is InChI=1S/C19H19ClN4O2/c1-23-16-10-21-7-5-15(16)22-18(23)12-6-8-24(11-12)19(25)14-9-13(20)3-4-17(14)26-2/h3-5,7,9-10,12H,6,8,11H2,1-2H3/t12-/m0/s1. The van der Waals surface area contributed by atoms with Crippen LogP contribution in [-0.4, -0.2) is 45.5 Å². The van der Waals surface area contributed by atoms with Crippen molar-refractivity contribution in [2.24, 2.45) is 7.05 Å². The molecule has 0 radical (unpaired) electrons. The Morgan fingerprint density at radius 3 is 2.96 bits per heavy atom. The van der Waals surface area contributed by atoms with E-state index >= 15 is 0 Å². The van der Waals surface area contributed by atoms with Gasteiger partial charge in [0.2, 0.25) is 0 Å². The average Bonchev–Trinajstić information content (AvgIpc) is 3.26. The van der Waals surface area contributed by atoms with E-state index in [0.717, 1.165) is 23.3 Å². The minimum absolute atomic E-state index is 0.0627. The second kappa shape index (κ2) is 6.61. The summed E-state index contributed by atoms with van der Waals surface area (Å²) in [5.74, 6) is 1.66. The molecule has 3 aromatic rings. The molecule has 1 aliphatic heterocycles. The molecule has 4 rings (SSSR count). The summed E-state index contributed by atoms with van der Waals surface area (Å²) in [4.78, 5) is 23.7. The number of halogens is 1. The third kappa shape index (κ3) is 2.80. The van der Waals surface area contributed by atoms with Gasteiger partial charge >= 0.3 is 0 Å². The van der Waals surface area contributed by atoms with Crippen molar-refractivity contribution >= 4 is 28.5 Å². The molecule has 26 heavy (non-hydrogen) atoms. The molecular formula is C19H19ClN4O2. The maximum atomic E-state index is 13.0. The van der Waals surface area contributed by atoms with Crippen LogP contribution in [0.1, 0.15) is 28.5 Å². The second-order valence-electron chi connectivity index (χ2n) is 6.47.